The molecule has 6 heteroatoms. The highest BCUT2D eigenvalue weighted by atomic mass is 32.2. The second-order valence-electron chi connectivity index (χ2n) is 3.82. The van der Waals surface area contributed by atoms with Crippen molar-refractivity contribution in [2.75, 3.05) is 6.61 Å². The summed E-state index contributed by atoms with van der Waals surface area (Å²) in [5.41, 5.74) is 0. The molecule has 0 aliphatic heterocycles. The van der Waals surface area contributed by atoms with Crippen molar-refractivity contribution in [3.63, 3.8) is 0 Å². The lowest BCUT2D eigenvalue weighted by atomic mass is 10.2. The minimum absolute atomic E-state index is 0.114. The van der Waals surface area contributed by atoms with Gasteiger partial charge in [-0.15, -0.1) is 6.58 Å². The lowest BCUT2D eigenvalue weighted by Gasteiger charge is -2.14. The van der Waals surface area contributed by atoms with Crippen molar-refractivity contribution < 1.29 is 17.9 Å². The molecule has 0 saturated carbocycles. The van der Waals surface area contributed by atoms with Crippen LogP contribution >= 0.6 is 0 Å². The monoisotopic (exact) mass is 283 g/mol. The van der Waals surface area contributed by atoms with E-state index in [0.29, 0.717) is 6.42 Å². The third kappa shape index (κ3) is 3.89. The summed E-state index contributed by atoms with van der Waals surface area (Å²) >= 11 is 0. The molecule has 1 rings (SSSR count). The molecule has 1 atom stereocenters. The first-order valence-electron chi connectivity index (χ1n) is 5.96. The van der Waals surface area contributed by atoms with E-state index in [2.05, 4.69) is 11.6 Å². The van der Waals surface area contributed by atoms with Gasteiger partial charge in [0, 0.05) is 6.20 Å². The van der Waals surface area contributed by atoms with Gasteiger partial charge in [-0.25, -0.2) is 13.4 Å². The molecular formula is C13H17NO4S. The predicted octanol–water partition coefficient (Wildman–Crippen LogP) is 1.75. The van der Waals surface area contributed by atoms with Gasteiger partial charge in [0.2, 0.25) is 9.84 Å². The van der Waals surface area contributed by atoms with E-state index in [4.69, 9.17) is 4.74 Å². The molecular weight excluding hydrogens is 266 g/mol. The number of hydrogen-bond acceptors (Lipinski definition) is 5. The molecule has 104 valence electrons. The molecule has 0 aromatic carbocycles. The van der Waals surface area contributed by atoms with Crippen LogP contribution in [-0.4, -0.2) is 31.2 Å². The molecule has 0 spiro atoms. The summed E-state index contributed by atoms with van der Waals surface area (Å²) < 4.78 is 29.5. The average molecular weight is 283 g/mol. The topological polar surface area (TPSA) is 73.3 Å². The highest BCUT2D eigenvalue weighted by molar-refractivity contribution is 7.92. The van der Waals surface area contributed by atoms with Crippen LogP contribution in [0.5, 0.6) is 0 Å². The fourth-order valence-electron chi connectivity index (χ4n) is 1.57. The van der Waals surface area contributed by atoms with E-state index in [-0.39, 0.29) is 18.1 Å². The number of nitrogens with zero attached hydrogens (tertiary/aromatic N) is 1. The molecule has 0 radical (unpaired) electrons. The van der Waals surface area contributed by atoms with Gasteiger partial charge < -0.3 is 4.74 Å². The summed E-state index contributed by atoms with van der Waals surface area (Å²) in [6.07, 6.45) is 3.50. The van der Waals surface area contributed by atoms with Crippen molar-refractivity contribution in [1.82, 2.24) is 4.98 Å². The first kappa shape index (κ1) is 15.4. The van der Waals surface area contributed by atoms with Crippen LogP contribution < -0.4 is 0 Å². The summed E-state index contributed by atoms with van der Waals surface area (Å²) in [7, 11) is -3.83. The third-order valence-corrected chi connectivity index (χ3v) is 4.49. The number of allylic oxidation sites excluding steroid dienone is 1. The lowest BCUT2D eigenvalue weighted by molar-refractivity contribution is -0.142. The first-order chi connectivity index (χ1) is 9.04. The number of esters is 1. The van der Waals surface area contributed by atoms with Gasteiger partial charge in [0.05, 0.1) is 6.61 Å². The van der Waals surface area contributed by atoms with Crippen LogP contribution in [-0.2, 0) is 19.4 Å². The number of carbonyl (C=O) groups excluding carboxylic acids is 1. The Bertz CT molecular complexity index is 525. The van der Waals surface area contributed by atoms with Gasteiger partial charge in [-0.3, -0.25) is 4.79 Å². The number of aromatic nitrogens is 1. The molecule has 0 fully saturated rings. The molecule has 0 N–H and O–H groups in total. The van der Waals surface area contributed by atoms with Crippen molar-refractivity contribution in [2.24, 2.45) is 0 Å². The van der Waals surface area contributed by atoms with Crippen LogP contribution in [0.25, 0.3) is 0 Å². The van der Waals surface area contributed by atoms with E-state index >= 15 is 0 Å². The van der Waals surface area contributed by atoms with Crippen LogP contribution in [0.3, 0.4) is 0 Å². The fraction of sp³-hybridized carbons (Fsp3) is 0.385. The largest absolute Gasteiger partial charge is 0.465 e. The molecule has 0 aliphatic carbocycles. The van der Waals surface area contributed by atoms with Crippen molar-refractivity contribution >= 4 is 15.8 Å². The summed E-state index contributed by atoms with van der Waals surface area (Å²) in [5.74, 6) is -0.741. The number of pyridine rings is 1. The zero-order chi connectivity index (χ0) is 14.3. The maximum Gasteiger partial charge on any atom is 0.324 e. The Morgan fingerprint density at radius 3 is 2.79 bits per heavy atom. The summed E-state index contributed by atoms with van der Waals surface area (Å²) in [5, 5.41) is -1.35. The highest BCUT2D eigenvalue weighted by Gasteiger charge is 2.35. The molecule has 1 heterocycles. The van der Waals surface area contributed by atoms with Crippen LogP contribution in [0.4, 0.5) is 0 Å². The molecule has 0 aliphatic rings. The van der Waals surface area contributed by atoms with Crippen LogP contribution in [0.1, 0.15) is 19.8 Å². The molecule has 0 bridgehead atoms. The SMILES string of the molecule is C=CCCC(C(=O)OCC)S(=O)(=O)c1ccccn1. The van der Waals surface area contributed by atoms with Crippen LogP contribution in [0, 0.1) is 0 Å². The van der Waals surface area contributed by atoms with E-state index < -0.39 is 21.1 Å². The van der Waals surface area contributed by atoms with Gasteiger partial charge >= 0.3 is 5.97 Å². The van der Waals surface area contributed by atoms with Gasteiger partial charge in [-0.2, -0.15) is 0 Å². The van der Waals surface area contributed by atoms with E-state index in [9.17, 15) is 13.2 Å². The van der Waals surface area contributed by atoms with Crippen molar-refractivity contribution in [2.45, 2.75) is 30.0 Å². The van der Waals surface area contributed by atoms with Gasteiger partial charge in [-0.05, 0) is 31.9 Å². The van der Waals surface area contributed by atoms with Crippen LogP contribution in [0.15, 0.2) is 42.1 Å². The smallest absolute Gasteiger partial charge is 0.324 e. The van der Waals surface area contributed by atoms with Crippen molar-refractivity contribution in [3.05, 3.63) is 37.1 Å². The highest BCUT2D eigenvalue weighted by Crippen LogP contribution is 2.19. The second kappa shape index (κ2) is 7.04. The van der Waals surface area contributed by atoms with E-state index in [0.717, 1.165) is 0 Å². The standard InChI is InChI=1S/C13H17NO4S/c1-3-5-8-11(13(15)18-4-2)19(16,17)12-9-6-7-10-14-12/h3,6-7,9-11H,1,4-5,8H2,2H3. The fourth-order valence-corrected chi connectivity index (χ4v) is 3.10. The van der Waals surface area contributed by atoms with Crippen molar-refractivity contribution in [1.29, 1.82) is 0 Å². The Hall–Kier alpha value is -1.69. The Balaban J connectivity index is 3.08. The Labute approximate surface area is 113 Å². The molecule has 1 unspecified atom stereocenters. The first-order valence-corrected chi connectivity index (χ1v) is 7.51. The van der Waals surface area contributed by atoms with E-state index in [1.807, 2.05) is 0 Å². The zero-order valence-electron chi connectivity index (χ0n) is 10.8. The number of ether oxygens (including phenoxy) is 1. The number of sulfone groups is 1. The molecule has 1 aromatic heterocycles. The summed E-state index contributed by atoms with van der Waals surface area (Å²) in [4.78, 5) is 15.6. The maximum absolute atomic E-state index is 12.4. The number of rotatable bonds is 7. The molecule has 1 aromatic rings. The molecule has 0 amide bonds. The number of hydrogen-bond donors (Lipinski definition) is 0. The van der Waals surface area contributed by atoms with Gasteiger partial charge in [0.25, 0.3) is 0 Å². The quantitative estimate of drug-likeness (QED) is 0.563. The molecule has 19 heavy (non-hydrogen) atoms. The lowest BCUT2D eigenvalue weighted by Crippen LogP contribution is -2.32. The Morgan fingerprint density at radius 1 is 1.53 bits per heavy atom. The maximum atomic E-state index is 12.4. The summed E-state index contributed by atoms with van der Waals surface area (Å²) in [6.45, 7) is 5.31. The third-order valence-electron chi connectivity index (χ3n) is 2.49. The van der Waals surface area contributed by atoms with E-state index in [1.54, 1.807) is 25.1 Å². The minimum Gasteiger partial charge on any atom is -0.465 e. The summed E-state index contributed by atoms with van der Waals surface area (Å²) in [6, 6.07) is 4.55. The van der Waals surface area contributed by atoms with Crippen LogP contribution in [0.2, 0.25) is 0 Å². The second-order valence-corrected chi connectivity index (χ2v) is 5.90. The van der Waals surface area contributed by atoms with Gasteiger partial charge in [0.1, 0.15) is 0 Å². The minimum atomic E-state index is -3.83. The molecule has 0 saturated heterocycles. The van der Waals surface area contributed by atoms with Crippen molar-refractivity contribution in [3.8, 4) is 0 Å². The van der Waals surface area contributed by atoms with E-state index in [1.165, 1.54) is 12.3 Å². The Morgan fingerprint density at radius 2 is 2.26 bits per heavy atom. The Kier molecular flexibility index (Phi) is 5.69. The molecule has 5 nitrogen and oxygen atoms in total. The normalized spacial score (nSPS) is 12.7. The zero-order valence-corrected chi connectivity index (χ0v) is 11.6. The predicted molar refractivity (Wildman–Crippen MR) is 71.3 cm³/mol. The van der Waals surface area contributed by atoms with Gasteiger partial charge in [-0.1, -0.05) is 12.1 Å². The van der Waals surface area contributed by atoms with Gasteiger partial charge in [0.15, 0.2) is 10.3 Å². The average Bonchev–Trinajstić information content (AvgIpc) is 2.40. The number of carbonyl (C=O) groups is 1.